The molecule has 3 aromatic rings. The van der Waals surface area contributed by atoms with Crippen LogP contribution in [0.2, 0.25) is 0 Å². The molecule has 7 heteroatoms. The van der Waals surface area contributed by atoms with Gasteiger partial charge in [-0.25, -0.2) is 9.78 Å². The number of carbonyl (C=O) groups excluding carboxylic acids is 1. The Hall–Kier alpha value is -2.83. The molecule has 1 aromatic carbocycles. The van der Waals surface area contributed by atoms with Gasteiger partial charge in [-0.1, -0.05) is 0 Å². The second-order valence-corrected chi connectivity index (χ2v) is 4.99. The minimum absolute atomic E-state index is 0.221. The van der Waals surface area contributed by atoms with Crippen LogP contribution in [0.25, 0.3) is 11.1 Å². The van der Waals surface area contributed by atoms with E-state index in [1.54, 1.807) is 24.4 Å². The standard InChI is InChI=1S/C15H16N4O3/c1-3-19-7-6-16-13(19)9(2)17-14(20)10-4-5-12-11(8-10)18-15(21)22-12/h4-9H,3H2,1-2H3,(H,17,20)(H,18,21)/t9-/m0/s1. The highest BCUT2D eigenvalue weighted by Gasteiger charge is 2.16. The van der Waals surface area contributed by atoms with Gasteiger partial charge in [-0.15, -0.1) is 0 Å². The quantitative estimate of drug-likeness (QED) is 0.768. The maximum Gasteiger partial charge on any atom is 0.417 e. The van der Waals surface area contributed by atoms with Crippen LogP contribution >= 0.6 is 0 Å². The molecule has 0 aliphatic rings. The predicted molar refractivity (Wildman–Crippen MR) is 80.6 cm³/mol. The molecule has 0 bridgehead atoms. The Balaban J connectivity index is 1.82. The van der Waals surface area contributed by atoms with Crippen LogP contribution in [0.1, 0.15) is 36.1 Å². The first kappa shape index (κ1) is 14.1. The van der Waals surface area contributed by atoms with E-state index in [9.17, 15) is 9.59 Å². The van der Waals surface area contributed by atoms with Gasteiger partial charge in [0.2, 0.25) is 0 Å². The molecule has 114 valence electrons. The lowest BCUT2D eigenvalue weighted by Crippen LogP contribution is -2.28. The largest absolute Gasteiger partial charge is 0.417 e. The first-order valence-electron chi connectivity index (χ1n) is 7.03. The van der Waals surface area contributed by atoms with Gasteiger partial charge in [0.1, 0.15) is 5.82 Å². The summed E-state index contributed by atoms with van der Waals surface area (Å²) in [6.07, 6.45) is 3.59. The van der Waals surface area contributed by atoms with Crippen molar-refractivity contribution in [2.24, 2.45) is 0 Å². The molecule has 0 saturated carbocycles. The molecule has 2 aromatic heterocycles. The van der Waals surface area contributed by atoms with Gasteiger partial charge in [0.05, 0.1) is 11.6 Å². The highest BCUT2D eigenvalue weighted by molar-refractivity contribution is 5.97. The molecular formula is C15H16N4O3. The fourth-order valence-electron chi connectivity index (χ4n) is 2.41. The molecule has 1 atom stereocenters. The number of aromatic nitrogens is 3. The third kappa shape index (κ3) is 2.52. The lowest BCUT2D eigenvalue weighted by molar-refractivity contribution is 0.0937. The SMILES string of the molecule is CCn1ccnc1[C@H](C)NC(=O)c1ccc2oc(=O)[nH]c2c1. The van der Waals surface area contributed by atoms with E-state index in [-0.39, 0.29) is 11.9 Å². The van der Waals surface area contributed by atoms with Crippen molar-refractivity contribution in [3.05, 3.63) is 52.5 Å². The summed E-state index contributed by atoms with van der Waals surface area (Å²) in [6.45, 7) is 4.69. The van der Waals surface area contributed by atoms with Crippen molar-refractivity contribution in [2.75, 3.05) is 0 Å². The third-order valence-corrected chi connectivity index (χ3v) is 3.50. The summed E-state index contributed by atoms with van der Waals surface area (Å²) in [4.78, 5) is 30.3. The molecule has 2 N–H and O–H groups in total. The number of benzene rings is 1. The van der Waals surface area contributed by atoms with E-state index in [1.807, 2.05) is 24.6 Å². The van der Waals surface area contributed by atoms with Gasteiger partial charge in [-0.2, -0.15) is 0 Å². The minimum Gasteiger partial charge on any atom is -0.408 e. The number of rotatable bonds is 4. The van der Waals surface area contributed by atoms with E-state index >= 15 is 0 Å². The number of amides is 1. The summed E-state index contributed by atoms with van der Waals surface area (Å²) in [7, 11) is 0. The maximum absolute atomic E-state index is 12.3. The van der Waals surface area contributed by atoms with Crippen molar-refractivity contribution in [2.45, 2.75) is 26.4 Å². The number of imidazole rings is 1. The summed E-state index contributed by atoms with van der Waals surface area (Å²) >= 11 is 0. The van der Waals surface area contributed by atoms with Gasteiger partial charge in [-0.3, -0.25) is 9.78 Å². The Kier molecular flexibility index (Phi) is 3.54. The van der Waals surface area contributed by atoms with Gasteiger partial charge < -0.3 is 14.3 Å². The van der Waals surface area contributed by atoms with Crippen LogP contribution in [0.3, 0.4) is 0 Å². The first-order valence-corrected chi connectivity index (χ1v) is 7.03. The smallest absolute Gasteiger partial charge is 0.408 e. The molecule has 0 aliphatic heterocycles. The third-order valence-electron chi connectivity index (χ3n) is 3.50. The van der Waals surface area contributed by atoms with Gasteiger partial charge in [0.15, 0.2) is 5.58 Å². The van der Waals surface area contributed by atoms with Gasteiger partial charge in [-0.05, 0) is 32.0 Å². The lowest BCUT2D eigenvalue weighted by atomic mass is 10.2. The Morgan fingerprint density at radius 2 is 2.32 bits per heavy atom. The van der Waals surface area contributed by atoms with Crippen LogP contribution in [0, 0.1) is 0 Å². The second kappa shape index (κ2) is 5.51. The number of aryl methyl sites for hydroxylation is 1. The molecule has 0 spiro atoms. The van der Waals surface area contributed by atoms with E-state index in [0.717, 1.165) is 12.4 Å². The first-order chi connectivity index (χ1) is 10.6. The van der Waals surface area contributed by atoms with E-state index in [4.69, 9.17) is 4.42 Å². The molecule has 2 heterocycles. The summed E-state index contributed by atoms with van der Waals surface area (Å²) in [5.74, 6) is 0.0293. The fourth-order valence-corrected chi connectivity index (χ4v) is 2.41. The monoisotopic (exact) mass is 300 g/mol. The predicted octanol–water partition coefficient (Wildman–Crippen LogP) is 1.83. The fraction of sp³-hybridized carbons (Fsp3) is 0.267. The number of carbonyl (C=O) groups is 1. The zero-order valence-electron chi connectivity index (χ0n) is 12.3. The van der Waals surface area contributed by atoms with Crippen molar-refractivity contribution in [1.29, 1.82) is 0 Å². The number of hydrogen-bond acceptors (Lipinski definition) is 4. The van der Waals surface area contributed by atoms with Crippen molar-refractivity contribution >= 4 is 17.0 Å². The number of nitrogens with zero attached hydrogens (tertiary/aromatic N) is 2. The molecular weight excluding hydrogens is 284 g/mol. The average molecular weight is 300 g/mol. The van der Waals surface area contributed by atoms with E-state index < -0.39 is 5.76 Å². The van der Waals surface area contributed by atoms with Gasteiger partial charge in [0.25, 0.3) is 5.91 Å². The van der Waals surface area contributed by atoms with Crippen LogP contribution in [0.4, 0.5) is 0 Å². The molecule has 7 nitrogen and oxygen atoms in total. The number of aromatic amines is 1. The van der Waals surface area contributed by atoms with Gasteiger partial charge >= 0.3 is 5.76 Å². The van der Waals surface area contributed by atoms with Crippen LogP contribution in [0.15, 0.2) is 39.8 Å². The van der Waals surface area contributed by atoms with Crippen molar-refractivity contribution in [1.82, 2.24) is 19.9 Å². The van der Waals surface area contributed by atoms with Crippen LogP contribution < -0.4 is 11.1 Å². The summed E-state index contributed by atoms with van der Waals surface area (Å²) in [5, 5.41) is 2.90. The van der Waals surface area contributed by atoms with Crippen molar-refractivity contribution in [3.8, 4) is 0 Å². The van der Waals surface area contributed by atoms with Crippen LogP contribution in [-0.4, -0.2) is 20.4 Å². The highest BCUT2D eigenvalue weighted by atomic mass is 16.4. The molecule has 1 amide bonds. The van der Waals surface area contributed by atoms with Crippen molar-refractivity contribution < 1.29 is 9.21 Å². The van der Waals surface area contributed by atoms with E-state index in [1.165, 1.54) is 0 Å². The van der Waals surface area contributed by atoms with E-state index in [0.29, 0.717) is 16.7 Å². The number of hydrogen-bond donors (Lipinski definition) is 2. The molecule has 22 heavy (non-hydrogen) atoms. The topological polar surface area (TPSA) is 92.9 Å². The lowest BCUT2D eigenvalue weighted by Gasteiger charge is -2.15. The Bertz CT molecular complexity index is 874. The highest BCUT2D eigenvalue weighted by Crippen LogP contribution is 2.15. The molecule has 0 saturated heterocycles. The van der Waals surface area contributed by atoms with Crippen molar-refractivity contribution in [3.63, 3.8) is 0 Å². The summed E-state index contributed by atoms with van der Waals surface area (Å²) < 4.78 is 6.89. The van der Waals surface area contributed by atoms with Crippen LogP contribution in [0.5, 0.6) is 0 Å². The number of oxazole rings is 1. The Morgan fingerprint density at radius 1 is 1.50 bits per heavy atom. The minimum atomic E-state index is -0.536. The average Bonchev–Trinajstić information content (AvgIpc) is 3.10. The molecule has 0 unspecified atom stereocenters. The molecule has 0 radical (unpaired) electrons. The van der Waals surface area contributed by atoms with Gasteiger partial charge in [0, 0.05) is 24.5 Å². The van der Waals surface area contributed by atoms with Crippen LogP contribution in [-0.2, 0) is 6.54 Å². The molecule has 0 fully saturated rings. The zero-order valence-corrected chi connectivity index (χ0v) is 12.3. The normalized spacial score (nSPS) is 12.5. The Labute approximate surface area is 126 Å². The second-order valence-electron chi connectivity index (χ2n) is 4.99. The Morgan fingerprint density at radius 3 is 3.09 bits per heavy atom. The van der Waals surface area contributed by atoms with E-state index in [2.05, 4.69) is 15.3 Å². The number of nitrogens with one attached hydrogen (secondary N) is 2. The number of H-pyrrole nitrogens is 1. The molecule has 0 aliphatic carbocycles. The summed E-state index contributed by atoms with van der Waals surface area (Å²) in [5.41, 5.74) is 1.38. The maximum atomic E-state index is 12.3. The summed E-state index contributed by atoms with van der Waals surface area (Å²) in [6, 6.07) is 4.59. The molecule has 3 rings (SSSR count). The number of fused-ring (bicyclic) bond motifs is 1. The zero-order chi connectivity index (χ0) is 15.7.